The Kier molecular flexibility index (Phi) is 9.38. The minimum absolute atomic E-state index is 0.0505. The van der Waals surface area contributed by atoms with E-state index in [9.17, 15) is 14.0 Å². The molecule has 1 aromatic carbocycles. The number of hydrogen-bond donors (Lipinski definition) is 0. The molecule has 0 radical (unpaired) electrons. The van der Waals surface area contributed by atoms with Crippen LogP contribution in [0.3, 0.4) is 0 Å². The summed E-state index contributed by atoms with van der Waals surface area (Å²) in [5.74, 6) is 2.13. The summed E-state index contributed by atoms with van der Waals surface area (Å²) in [7, 11) is 0. The molecular weight excluding hydrogens is 475 g/mol. The summed E-state index contributed by atoms with van der Waals surface area (Å²) in [6.07, 6.45) is 4.94. The second-order valence-electron chi connectivity index (χ2n) is 10.8. The molecule has 1 aromatic heterocycles. The van der Waals surface area contributed by atoms with E-state index in [4.69, 9.17) is 13.9 Å². The molecule has 0 N–H and O–H groups in total. The zero-order valence-corrected chi connectivity index (χ0v) is 22.2. The second-order valence-corrected chi connectivity index (χ2v) is 10.8. The first-order chi connectivity index (χ1) is 17.8. The topological polar surface area (TPSA) is 72.2 Å². The van der Waals surface area contributed by atoms with E-state index >= 15 is 0 Å². The Morgan fingerprint density at radius 3 is 2.54 bits per heavy atom. The maximum Gasteiger partial charge on any atom is 0.248 e. The average Bonchev–Trinajstić information content (AvgIpc) is 2.88. The highest BCUT2D eigenvalue weighted by Crippen LogP contribution is 2.35. The zero-order chi connectivity index (χ0) is 26.4. The Bertz CT molecular complexity index is 1080. The van der Waals surface area contributed by atoms with Crippen molar-refractivity contribution in [3.63, 3.8) is 0 Å². The van der Waals surface area contributed by atoms with Gasteiger partial charge < -0.3 is 18.8 Å². The van der Waals surface area contributed by atoms with E-state index in [0.717, 1.165) is 12.0 Å². The lowest BCUT2D eigenvalue weighted by Gasteiger charge is -2.38. The monoisotopic (exact) mass is 514 g/mol. The zero-order valence-electron chi connectivity index (χ0n) is 22.2. The molecule has 2 heterocycles. The third-order valence-corrected chi connectivity index (χ3v) is 7.65. The smallest absolute Gasteiger partial charge is 0.248 e. The SMILES string of the molecule is CC(C)[C@@H]1CC[C@@H](C)C[C@H]1OCC(=O)N1CCN(Cc2cc(=O)c(OCc3ccc(F)cc3)co2)CC1. The highest BCUT2D eigenvalue weighted by atomic mass is 19.1. The normalized spacial score (nSPS) is 22.8. The van der Waals surface area contributed by atoms with E-state index in [0.29, 0.717) is 56.2 Å². The summed E-state index contributed by atoms with van der Waals surface area (Å²) < 4.78 is 30.4. The minimum atomic E-state index is -0.319. The summed E-state index contributed by atoms with van der Waals surface area (Å²) in [5, 5.41) is 0. The first-order valence-electron chi connectivity index (χ1n) is 13.4. The van der Waals surface area contributed by atoms with Crippen LogP contribution in [-0.2, 0) is 22.7 Å². The van der Waals surface area contributed by atoms with Crippen LogP contribution in [-0.4, -0.2) is 54.6 Å². The van der Waals surface area contributed by atoms with Crippen LogP contribution in [0, 0.1) is 23.6 Å². The molecule has 8 heteroatoms. The van der Waals surface area contributed by atoms with Gasteiger partial charge in [0.2, 0.25) is 17.1 Å². The number of carbonyl (C=O) groups is 1. The van der Waals surface area contributed by atoms with Crippen LogP contribution in [0.15, 0.2) is 45.8 Å². The first kappa shape index (κ1) is 27.3. The quantitative estimate of drug-likeness (QED) is 0.491. The van der Waals surface area contributed by atoms with Gasteiger partial charge in [0.15, 0.2) is 0 Å². The van der Waals surface area contributed by atoms with E-state index in [-0.39, 0.29) is 42.2 Å². The second kappa shape index (κ2) is 12.7. The number of nitrogens with zero attached hydrogens (tertiary/aromatic N) is 2. The van der Waals surface area contributed by atoms with E-state index in [2.05, 4.69) is 25.7 Å². The van der Waals surface area contributed by atoms with Crippen LogP contribution in [0.1, 0.15) is 51.4 Å². The largest absolute Gasteiger partial charge is 0.482 e. The van der Waals surface area contributed by atoms with Gasteiger partial charge in [-0.1, -0.05) is 39.3 Å². The van der Waals surface area contributed by atoms with Gasteiger partial charge in [0.05, 0.1) is 12.6 Å². The predicted molar refractivity (Wildman–Crippen MR) is 139 cm³/mol. The lowest BCUT2D eigenvalue weighted by Crippen LogP contribution is -2.49. The number of ether oxygens (including phenoxy) is 2. The third kappa shape index (κ3) is 7.65. The van der Waals surface area contributed by atoms with Crippen LogP contribution >= 0.6 is 0 Å². The van der Waals surface area contributed by atoms with Crippen molar-refractivity contribution in [3.8, 4) is 5.75 Å². The molecule has 2 aliphatic rings. The molecule has 2 aromatic rings. The molecule has 7 nitrogen and oxygen atoms in total. The Balaban J connectivity index is 1.21. The number of piperazine rings is 1. The van der Waals surface area contributed by atoms with Gasteiger partial charge in [-0.3, -0.25) is 14.5 Å². The minimum Gasteiger partial charge on any atom is -0.482 e. The first-order valence-corrected chi connectivity index (χ1v) is 13.4. The van der Waals surface area contributed by atoms with E-state index in [1.165, 1.54) is 37.3 Å². The highest BCUT2D eigenvalue weighted by Gasteiger charge is 2.32. The lowest BCUT2D eigenvalue weighted by atomic mass is 9.75. The third-order valence-electron chi connectivity index (χ3n) is 7.65. The molecule has 0 spiro atoms. The fourth-order valence-corrected chi connectivity index (χ4v) is 5.32. The number of benzene rings is 1. The van der Waals surface area contributed by atoms with Crippen molar-refractivity contribution in [1.29, 1.82) is 0 Å². The van der Waals surface area contributed by atoms with Crippen LogP contribution in [0.25, 0.3) is 0 Å². The molecule has 1 aliphatic heterocycles. The Hall–Kier alpha value is -2.71. The number of rotatable bonds is 9. The summed E-state index contributed by atoms with van der Waals surface area (Å²) in [5.41, 5.74) is 0.502. The molecule has 1 amide bonds. The average molecular weight is 515 g/mol. The fraction of sp³-hybridized carbons (Fsp3) is 0.586. The fourth-order valence-electron chi connectivity index (χ4n) is 5.32. The van der Waals surface area contributed by atoms with Gasteiger partial charge in [0.25, 0.3) is 0 Å². The Morgan fingerprint density at radius 1 is 1.14 bits per heavy atom. The molecule has 3 atom stereocenters. The maximum absolute atomic E-state index is 13.0. The van der Waals surface area contributed by atoms with Crippen LogP contribution < -0.4 is 10.2 Å². The van der Waals surface area contributed by atoms with Gasteiger partial charge in [-0.25, -0.2) is 4.39 Å². The highest BCUT2D eigenvalue weighted by molar-refractivity contribution is 5.77. The molecule has 1 saturated carbocycles. The van der Waals surface area contributed by atoms with Crippen molar-refractivity contribution >= 4 is 5.91 Å². The summed E-state index contributed by atoms with van der Waals surface area (Å²) >= 11 is 0. The van der Waals surface area contributed by atoms with Crippen molar-refractivity contribution < 1.29 is 23.1 Å². The van der Waals surface area contributed by atoms with Crippen molar-refractivity contribution in [1.82, 2.24) is 9.80 Å². The molecule has 0 unspecified atom stereocenters. The maximum atomic E-state index is 13.0. The van der Waals surface area contributed by atoms with Crippen molar-refractivity contribution in [2.45, 2.75) is 59.3 Å². The molecule has 4 rings (SSSR count). The van der Waals surface area contributed by atoms with E-state index in [1.807, 2.05) is 4.90 Å². The Labute approximate surface area is 218 Å². The van der Waals surface area contributed by atoms with Crippen LogP contribution in [0.2, 0.25) is 0 Å². The lowest BCUT2D eigenvalue weighted by molar-refractivity contribution is -0.143. The molecule has 0 bridgehead atoms. The summed E-state index contributed by atoms with van der Waals surface area (Å²) in [6, 6.07) is 7.37. The van der Waals surface area contributed by atoms with Crippen molar-refractivity contribution in [2.75, 3.05) is 32.8 Å². The van der Waals surface area contributed by atoms with Gasteiger partial charge in [-0.15, -0.1) is 0 Å². The number of hydrogen-bond acceptors (Lipinski definition) is 6. The number of amides is 1. The standard InChI is InChI=1S/C29H39FN2O5/c1-20(2)25-9-4-21(3)14-27(25)37-19-29(34)32-12-10-31(11-13-32)16-24-15-26(33)28(18-35-24)36-17-22-5-7-23(30)8-6-22/h5-8,15,18,20-21,25,27H,4,9-14,16-17,19H2,1-3H3/t21-,25+,27-/m1/s1. The molecule has 37 heavy (non-hydrogen) atoms. The Morgan fingerprint density at radius 2 is 1.86 bits per heavy atom. The molecular formula is C29H39FN2O5. The number of halogens is 1. The van der Waals surface area contributed by atoms with Gasteiger partial charge >= 0.3 is 0 Å². The van der Waals surface area contributed by atoms with Crippen LogP contribution in [0.4, 0.5) is 4.39 Å². The number of carbonyl (C=O) groups excluding carboxylic acids is 1. The van der Waals surface area contributed by atoms with Crippen molar-refractivity contribution in [3.05, 3.63) is 64.0 Å². The summed E-state index contributed by atoms with van der Waals surface area (Å²) in [6.45, 7) is 10.2. The molecule has 1 saturated heterocycles. The van der Waals surface area contributed by atoms with Crippen LogP contribution in [0.5, 0.6) is 5.75 Å². The molecule has 2 fully saturated rings. The van der Waals surface area contributed by atoms with Gasteiger partial charge in [-0.05, 0) is 48.3 Å². The van der Waals surface area contributed by atoms with E-state index in [1.54, 1.807) is 12.1 Å². The molecule has 1 aliphatic carbocycles. The van der Waals surface area contributed by atoms with Gasteiger partial charge in [-0.2, -0.15) is 0 Å². The van der Waals surface area contributed by atoms with Crippen molar-refractivity contribution in [2.24, 2.45) is 17.8 Å². The summed E-state index contributed by atoms with van der Waals surface area (Å²) in [4.78, 5) is 29.3. The van der Waals surface area contributed by atoms with E-state index < -0.39 is 0 Å². The predicted octanol–water partition coefficient (Wildman–Crippen LogP) is 4.48. The van der Waals surface area contributed by atoms with Gasteiger partial charge in [0, 0.05) is 32.2 Å². The molecule has 202 valence electrons. The van der Waals surface area contributed by atoms with Gasteiger partial charge in [0.1, 0.15) is 31.1 Å².